The number of carbonyl (C=O) groups is 2. The normalized spacial score (nSPS) is 19.5. The Morgan fingerprint density at radius 3 is 2.62 bits per heavy atom. The molecular formula is C28H34F3N3O6. The first-order valence-electron chi connectivity index (χ1n) is 13.1. The van der Waals surface area contributed by atoms with Crippen LogP contribution in [0.3, 0.4) is 0 Å². The first-order valence-corrected chi connectivity index (χ1v) is 13.1. The fraction of sp³-hybridized carbons (Fsp3) is 0.500. The second-order valence-electron chi connectivity index (χ2n) is 10.4. The number of amides is 2. The smallest absolute Gasteiger partial charge is 0.389 e. The van der Waals surface area contributed by atoms with Gasteiger partial charge in [-0.3, -0.25) is 14.5 Å². The molecule has 3 atom stereocenters. The summed E-state index contributed by atoms with van der Waals surface area (Å²) < 4.78 is 54.8. The number of carbonyl (C=O) groups excluding carboxylic acids is 2. The third-order valence-electron chi connectivity index (χ3n) is 6.97. The van der Waals surface area contributed by atoms with Crippen LogP contribution in [0.5, 0.6) is 17.2 Å². The van der Waals surface area contributed by atoms with E-state index < -0.39 is 36.9 Å². The van der Waals surface area contributed by atoms with Gasteiger partial charge in [-0.1, -0.05) is 13.0 Å². The van der Waals surface area contributed by atoms with E-state index in [1.165, 1.54) is 18.2 Å². The van der Waals surface area contributed by atoms with Gasteiger partial charge in [0.05, 0.1) is 24.6 Å². The minimum Gasteiger partial charge on any atom is -0.488 e. The molecular weight excluding hydrogens is 531 g/mol. The number of aliphatic hydroxyl groups excluding tert-OH is 1. The molecule has 218 valence electrons. The third kappa shape index (κ3) is 7.36. The summed E-state index contributed by atoms with van der Waals surface area (Å²) in [5, 5.41) is 12.3. The van der Waals surface area contributed by atoms with Crippen molar-refractivity contribution in [1.29, 1.82) is 0 Å². The minimum atomic E-state index is -4.45. The van der Waals surface area contributed by atoms with Gasteiger partial charge in [0.25, 0.3) is 5.91 Å². The number of hydrogen-bond acceptors (Lipinski definition) is 7. The molecule has 12 heteroatoms. The van der Waals surface area contributed by atoms with E-state index in [1.807, 2.05) is 32.2 Å². The zero-order valence-electron chi connectivity index (χ0n) is 22.7. The SMILES string of the molecule is C[C@@H]1CN([C@@H](C)CO)C(=O)c2cc(NC(=O)CCC(F)(F)F)ccc2O[C@H]1CN(C)Cc1ccc2c(c1)OCO2. The van der Waals surface area contributed by atoms with Gasteiger partial charge in [0, 0.05) is 37.7 Å². The molecule has 0 spiro atoms. The molecule has 4 rings (SSSR count). The molecule has 2 aliphatic rings. The van der Waals surface area contributed by atoms with Gasteiger partial charge in [-0.15, -0.1) is 0 Å². The van der Waals surface area contributed by atoms with Gasteiger partial charge in [-0.05, 0) is 49.9 Å². The van der Waals surface area contributed by atoms with Crippen molar-refractivity contribution in [3.8, 4) is 17.2 Å². The van der Waals surface area contributed by atoms with Gasteiger partial charge < -0.3 is 29.5 Å². The topological polar surface area (TPSA) is 101 Å². The van der Waals surface area contributed by atoms with Crippen molar-refractivity contribution in [2.75, 3.05) is 38.9 Å². The monoisotopic (exact) mass is 565 g/mol. The number of nitrogens with zero attached hydrogens (tertiary/aromatic N) is 2. The third-order valence-corrected chi connectivity index (χ3v) is 6.97. The highest BCUT2D eigenvalue weighted by molar-refractivity contribution is 5.99. The fourth-order valence-corrected chi connectivity index (χ4v) is 4.72. The minimum absolute atomic E-state index is 0.105. The van der Waals surface area contributed by atoms with Crippen LogP contribution in [0.15, 0.2) is 36.4 Å². The number of rotatable bonds is 9. The highest BCUT2D eigenvalue weighted by atomic mass is 19.4. The number of ether oxygens (including phenoxy) is 3. The van der Waals surface area contributed by atoms with Gasteiger partial charge in [-0.25, -0.2) is 0 Å². The molecule has 2 heterocycles. The molecule has 2 aromatic rings. The summed E-state index contributed by atoms with van der Waals surface area (Å²) in [4.78, 5) is 29.3. The van der Waals surface area contributed by atoms with Crippen LogP contribution in [-0.2, 0) is 11.3 Å². The molecule has 40 heavy (non-hydrogen) atoms. The molecule has 0 aliphatic carbocycles. The summed E-state index contributed by atoms with van der Waals surface area (Å²) in [6.45, 7) is 5.08. The number of benzene rings is 2. The van der Waals surface area contributed by atoms with Crippen LogP contribution >= 0.6 is 0 Å². The zero-order valence-corrected chi connectivity index (χ0v) is 22.7. The Labute approximate surface area is 230 Å². The summed E-state index contributed by atoms with van der Waals surface area (Å²) in [6, 6.07) is 9.73. The lowest BCUT2D eigenvalue weighted by atomic mass is 9.99. The maximum Gasteiger partial charge on any atom is 0.389 e. The summed E-state index contributed by atoms with van der Waals surface area (Å²) >= 11 is 0. The fourth-order valence-electron chi connectivity index (χ4n) is 4.72. The van der Waals surface area contributed by atoms with Crippen molar-refractivity contribution in [1.82, 2.24) is 9.80 Å². The molecule has 0 aromatic heterocycles. The van der Waals surface area contributed by atoms with Crippen molar-refractivity contribution in [3.05, 3.63) is 47.5 Å². The summed E-state index contributed by atoms with van der Waals surface area (Å²) in [5.41, 5.74) is 1.37. The van der Waals surface area contributed by atoms with Crippen LogP contribution in [0, 0.1) is 5.92 Å². The van der Waals surface area contributed by atoms with Gasteiger partial charge >= 0.3 is 6.18 Å². The largest absolute Gasteiger partial charge is 0.488 e. The average Bonchev–Trinajstić information content (AvgIpc) is 3.37. The number of fused-ring (bicyclic) bond motifs is 2. The predicted octanol–water partition coefficient (Wildman–Crippen LogP) is 4.05. The number of halogens is 3. The summed E-state index contributed by atoms with van der Waals surface area (Å²) in [7, 11) is 1.96. The standard InChI is InChI=1S/C28H34F3N3O6/c1-17-12-34(18(2)15-35)27(37)21-11-20(32-26(36)8-9-28(29,30)31)5-7-22(21)40-25(17)14-33(3)13-19-4-6-23-24(10-19)39-16-38-23/h4-7,10-11,17-18,25,35H,8-9,12-16H2,1-3H3,(H,32,36)/t17-,18+,25+/m1/s1. The Kier molecular flexibility index (Phi) is 9.09. The number of hydrogen-bond donors (Lipinski definition) is 2. The van der Waals surface area contributed by atoms with Gasteiger partial charge in [0.2, 0.25) is 12.7 Å². The van der Waals surface area contributed by atoms with Crippen molar-refractivity contribution >= 4 is 17.5 Å². The molecule has 0 saturated carbocycles. The van der Waals surface area contributed by atoms with Crippen molar-refractivity contribution in [2.45, 2.75) is 51.6 Å². The molecule has 2 aliphatic heterocycles. The van der Waals surface area contributed by atoms with Crippen molar-refractivity contribution in [3.63, 3.8) is 0 Å². The van der Waals surface area contributed by atoms with E-state index >= 15 is 0 Å². The lowest BCUT2D eigenvalue weighted by Crippen LogP contribution is -2.49. The summed E-state index contributed by atoms with van der Waals surface area (Å²) in [6.07, 6.45) is -6.76. The van der Waals surface area contributed by atoms with E-state index in [-0.39, 0.29) is 36.7 Å². The van der Waals surface area contributed by atoms with E-state index in [1.54, 1.807) is 11.8 Å². The Balaban J connectivity index is 1.53. The number of alkyl halides is 3. The van der Waals surface area contributed by atoms with Crippen LogP contribution in [0.1, 0.15) is 42.6 Å². The van der Waals surface area contributed by atoms with Gasteiger partial charge in [0.15, 0.2) is 11.5 Å². The predicted molar refractivity (Wildman–Crippen MR) is 140 cm³/mol. The van der Waals surface area contributed by atoms with E-state index in [9.17, 15) is 27.9 Å². The maximum atomic E-state index is 13.5. The highest BCUT2D eigenvalue weighted by Gasteiger charge is 2.34. The zero-order chi connectivity index (χ0) is 29.0. The van der Waals surface area contributed by atoms with Crippen molar-refractivity contribution in [2.24, 2.45) is 5.92 Å². The molecule has 2 amide bonds. The van der Waals surface area contributed by atoms with Gasteiger partial charge in [0.1, 0.15) is 11.9 Å². The molecule has 9 nitrogen and oxygen atoms in total. The first-order chi connectivity index (χ1) is 18.9. The van der Waals surface area contributed by atoms with Gasteiger partial charge in [-0.2, -0.15) is 13.2 Å². The lowest BCUT2D eigenvalue weighted by Gasteiger charge is -2.38. The van der Waals surface area contributed by atoms with E-state index in [4.69, 9.17) is 14.2 Å². The molecule has 0 fully saturated rings. The lowest BCUT2D eigenvalue weighted by molar-refractivity contribution is -0.142. The van der Waals surface area contributed by atoms with Crippen LogP contribution in [0.25, 0.3) is 0 Å². The van der Waals surface area contributed by atoms with Crippen LogP contribution in [0.4, 0.5) is 18.9 Å². The molecule has 0 bridgehead atoms. The Morgan fingerprint density at radius 2 is 1.90 bits per heavy atom. The Bertz CT molecular complexity index is 1220. The Morgan fingerprint density at radius 1 is 1.18 bits per heavy atom. The van der Waals surface area contributed by atoms with Crippen LogP contribution < -0.4 is 19.5 Å². The second-order valence-corrected chi connectivity index (χ2v) is 10.4. The van der Waals surface area contributed by atoms with E-state index in [0.29, 0.717) is 36.9 Å². The molecule has 2 N–H and O–H groups in total. The average molecular weight is 566 g/mol. The maximum absolute atomic E-state index is 13.5. The molecule has 0 saturated heterocycles. The number of anilines is 1. The number of aliphatic hydroxyl groups is 1. The van der Waals surface area contributed by atoms with Crippen LogP contribution in [-0.4, -0.2) is 78.6 Å². The molecule has 0 unspecified atom stereocenters. The number of nitrogens with one attached hydrogen (secondary N) is 1. The first kappa shape index (κ1) is 29.5. The second kappa shape index (κ2) is 12.3. The summed E-state index contributed by atoms with van der Waals surface area (Å²) in [5.74, 6) is 0.381. The van der Waals surface area contributed by atoms with E-state index in [0.717, 1.165) is 5.56 Å². The molecule has 0 radical (unpaired) electrons. The number of likely N-dealkylation sites (N-methyl/N-ethyl adjacent to an activating group) is 1. The van der Waals surface area contributed by atoms with E-state index in [2.05, 4.69) is 10.2 Å². The van der Waals surface area contributed by atoms with Crippen molar-refractivity contribution < 1.29 is 42.1 Å². The van der Waals surface area contributed by atoms with Crippen LogP contribution in [0.2, 0.25) is 0 Å². The quantitative estimate of drug-likeness (QED) is 0.473. The molecule has 2 aromatic carbocycles. The highest BCUT2D eigenvalue weighted by Crippen LogP contribution is 2.34. The Hall–Kier alpha value is -3.51.